The molecule has 5 heteroatoms. The van der Waals surface area contributed by atoms with Gasteiger partial charge in [0.25, 0.3) is 0 Å². The molecule has 3 aromatic rings. The Morgan fingerprint density at radius 1 is 0.897 bits per heavy atom. The van der Waals surface area contributed by atoms with Gasteiger partial charge >= 0.3 is 0 Å². The maximum Gasteiger partial charge on any atom is 0.185 e. The van der Waals surface area contributed by atoms with Gasteiger partial charge in [-0.1, -0.05) is 42.5 Å². The third-order valence-corrected chi connectivity index (χ3v) is 4.32. The Hall–Kier alpha value is -3.73. The Balaban J connectivity index is 1.71. The summed E-state index contributed by atoms with van der Waals surface area (Å²) >= 11 is 0. The lowest BCUT2D eigenvalue weighted by molar-refractivity contribution is 0.104. The number of phenolic OH excluding ortho intramolecular Hbond substituents is 1. The molecular formula is C24H22O5. The Labute approximate surface area is 169 Å². The van der Waals surface area contributed by atoms with Crippen LogP contribution in [-0.4, -0.2) is 25.1 Å². The van der Waals surface area contributed by atoms with Crippen LogP contribution in [0.3, 0.4) is 0 Å². The zero-order chi connectivity index (χ0) is 20.6. The first kappa shape index (κ1) is 20.0. The number of hydrogen-bond donors (Lipinski definition) is 1. The van der Waals surface area contributed by atoms with Crippen molar-refractivity contribution < 1.29 is 24.1 Å². The number of aromatic hydroxyl groups is 1. The molecule has 0 aliphatic rings. The van der Waals surface area contributed by atoms with E-state index in [-0.39, 0.29) is 17.3 Å². The zero-order valence-corrected chi connectivity index (χ0v) is 16.3. The monoisotopic (exact) mass is 390 g/mol. The lowest BCUT2D eigenvalue weighted by Gasteiger charge is -2.11. The zero-order valence-electron chi connectivity index (χ0n) is 16.3. The van der Waals surface area contributed by atoms with E-state index in [1.807, 2.05) is 48.5 Å². The molecule has 0 saturated carbocycles. The van der Waals surface area contributed by atoms with Crippen molar-refractivity contribution >= 4 is 11.9 Å². The van der Waals surface area contributed by atoms with Gasteiger partial charge in [0.05, 0.1) is 14.2 Å². The highest BCUT2D eigenvalue weighted by Crippen LogP contribution is 2.30. The minimum atomic E-state index is -0.202. The standard InChI is InChI=1S/C24H22O5/c1-27-23-15-19(10-12-21(23)26)20(25)11-8-17-9-13-22(24(14-17)28-2)29-16-18-6-4-3-5-7-18/h3-15,26H,16H2,1-2H3/b11-8+. The number of rotatable bonds is 8. The van der Waals surface area contributed by atoms with Crippen molar-refractivity contribution in [3.8, 4) is 23.0 Å². The number of carbonyl (C=O) groups excluding carboxylic acids is 1. The van der Waals surface area contributed by atoms with Crippen LogP contribution >= 0.6 is 0 Å². The van der Waals surface area contributed by atoms with E-state index in [0.29, 0.717) is 23.7 Å². The third kappa shape index (κ3) is 5.17. The molecule has 0 saturated heterocycles. The van der Waals surface area contributed by atoms with Gasteiger partial charge < -0.3 is 19.3 Å². The summed E-state index contributed by atoms with van der Waals surface area (Å²) < 4.78 is 16.3. The molecule has 5 nitrogen and oxygen atoms in total. The molecule has 3 rings (SSSR count). The van der Waals surface area contributed by atoms with E-state index >= 15 is 0 Å². The molecule has 0 amide bonds. The summed E-state index contributed by atoms with van der Waals surface area (Å²) in [6.07, 6.45) is 3.16. The van der Waals surface area contributed by atoms with Crippen LogP contribution in [0.15, 0.2) is 72.8 Å². The Morgan fingerprint density at radius 2 is 1.66 bits per heavy atom. The molecule has 0 spiro atoms. The summed E-state index contributed by atoms with van der Waals surface area (Å²) in [7, 11) is 3.01. The lowest BCUT2D eigenvalue weighted by Crippen LogP contribution is -1.98. The molecule has 148 valence electrons. The van der Waals surface area contributed by atoms with Crippen molar-refractivity contribution in [1.82, 2.24) is 0 Å². The molecule has 29 heavy (non-hydrogen) atoms. The topological polar surface area (TPSA) is 65.0 Å². The Morgan fingerprint density at radius 3 is 2.38 bits per heavy atom. The molecule has 0 aliphatic heterocycles. The molecule has 0 unspecified atom stereocenters. The number of hydrogen-bond acceptors (Lipinski definition) is 5. The minimum absolute atomic E-state index is 0.0103. The summed E-state index contributed by atoms with van der Waals surface area (Å²) in [5.74, 6) is 1.26. The predicted octanol–water partition coefficient (Wildman–Crippen LogP) is 4.88. The Kier molecular flexibility index (Phi) is 6.53. The van der Waals surface area contributed by atoms with Gasteiger partial charge in [-0.25, -0.2) is 0 Å². The molecule has 0 heterocycles. The second-order valence-electron chi connectivity index (χ2n) is 6.27. The predicted molar refractivity (Wildman–Crippen MR) is 112 cm³/mol. The van der Waals surface area contributed by atoms with Crippen LogP contribution < -0.4 is 14.2 Å². The number of phenols is 1. The highest BCUT2D eigenvalue weighted by molar-refractivity contribution is 6.07. The average Bonchev–Trinajstić information content (AvgIpc) is 2.77. The summed E-state index contributed by atoms with van der Waals surface area (Å²) in [5, 5.41) is 9.64. The van der Waals surface area contributed by atoms with E-state index in [1.54, 1.807) is 19.3 Å². The first-order chi connectivity index (χ1) is 14.1. The van der Waals surface area contributed by atoms with Crippen molar-refractivity contribution in [3.05, 3.63) is 89.5 Å². The fraction of sp³-hybridized carbons (Fsp3) is 0.125. The number of carbonyl (C=O) groups is 1. The quantitative estimate of drug-likeness (QED) is 0.438. The summed E-state index contributed by atoms with van der Waals surface area (Å²) in [6, 6.07) is 19.8. The SMILES string of the molecule is COc1cc(C(=O)/C=C/c2ccc(OCc3ccccc3)c(OC)c2)ccc1O. The second kappa shape index (κ2) is 9.46. The molecule has 1 N–H and O–H groups in total. The largest absolute Gasteiger partial charge is 0.504 e. The molecule has 0 fully saturated rings. The highest BCUT2D eigenvalue weighted by atomic mass is 16.5. The molecule has 3 aromatic carbocycles. The van der Waals surface area contributed by atoms with Gasteiger partial charge in [0.1, 0.15) is 6.61 Å². The molecule has 0 atom stereocenters. The minimum Gasteiger partial charge on any atom is -0.504 e. The van der Waals surface area contributed by atoms with Crippen molar-refractivity contribution in [3.63, 3.8) is 0 Å². The van der Waals surface area contributed by atoms with Gasteiger partial charge in [-0.15, -0.1) is 0 Å². The molecular weight excluding hydrogens is 368 g/mol. The van der Waals surface area contributed by atoms with Crippen LogP contribution in [0.2, 0.25) is 0 Å². The van der Waals surface area contributed by atoms with Gasteiger partial charge in [-0.05, 0) is 47.5 Å². The summed E-state index contributed by atoms with van der Waals surface area (Å²) in [4.78, 5) is 12.4. The van der Waals surface area contributed by atoms with Gasteiger partial charge in [0.15, 0.2) is 28.8 Å². The fourth-order valence-corrected chi connectivity index (χ4v) is 2.74. The summed E-state index contributed by atoms with van der Waals surface area (Å²) in [6.45, 7) is 0.438. The van der Waals surface area contributed by atoms with E-state index in [9.17, 15) is 9.90 Å². The van der Waals surface area contributed by atoms with Crippen LogP contribution in [0.4, 0.5) is 0 Å². The van der Waals surface area contributed by atoms with Gasteiger partial charge in [-0.2, -0.15) is 0 Å². The van der Waals surface area contributed by atoms with Crippen LogP contribution in [0.25, 0.3) is 6.08 Å². The van der Waals surface area contributed by atoms with Gasteiger partial charge in [-0.3, -0.25) is 4.79 Å². The normalized spacial score (nSPS) is 10.7. The molecule has 0 aliphatic carbocycles. The van der Waals surface area contributed by atoms with E-state index in [0.717, 1.165) is 11.1 Å². The smallest absolute Gasteiger partial charge is 0.185 e. The first-order valence-electron chi connectivity index (χ1n) is 9.05. The highest BCUT2D eigenvalue weighted by Gasteiger charge is 2.09. The van der Waals surface area contributed by atoms with Crippen LogP contribution in [-0.2, 0) is 6.61 Å². The maximum atomic E-state index is 12.4. The van der Waals surface area contributed by atoms with Gasteiger partial charge in [0.2, 0.25) is 0 Å². The number of methoxy groups -OCH3 is 2. The third-order valence-electron chi connectivity index (χ3n) is 4.32. The van der Waals surface area contributed by atoms with Crippen molar-refractivity contribution in [1.29, 1.82) is 0 Å². The van der Waals surface area contributed by atoms with Crippen LogP contribution in [0, 0.1) is 0 Å². The maximum absolute atomic E-state index is 12.4. The lowest BCUT2D eigenvalue weighted by atomic mass is 10.1. The van der Waals surface area contributed by atoms with Crippen LogP contribution in [0.5, 0.6) is 23.0 Å². The van der Waals surface area contributed by atoms with E-state index < -0.39 is 0 Å². The summed E-state index contributed by atoms with van der Waals surface area (Å²) in [5.41, 5.74) is 2.28. The van der Waals surface area contributed by atoms with E-state index in [2.05, 4.69) is 0 Å². The first-order valence-corrected chi connectivity index (χ1v) is 9.05. The number of benzene rings is 3. The van der Waals surface area contributed by atoms with E-state index in [4.69, 9.17) is 14.2 Å². The van der Waals surface area contributed by atoms with Crippen molar-refractivity contribution in [2.24, 2.45) is 0 Å². The number of ether oxygens (including phenoxy) is 3. The average molecular weight is 390 g/mol. The van der Waals surface area contributed by atoms with Gasteiger partial charge in [0, 0.05) is 5.56 Å². The van der Waals surface area contributed by atoms with E-state index in [1.165, 1.54) is 25.3 Å². The molecule has 0 bridgehead atoms. The molecule has 0 aromatic heterocycles. The molecule has 0 radical (unpaired) electrons. The Bertz CT molecular complexity index is 1010. The fourth-order valence-electron chi connectivity index (χ4n) is 2.74. The van der Waals surface area contributed by atoms with Crippen LogP contribution in [0.1, 0.15) is 21.5 Å². The number of allylic oxidation sites excluding steroid dienone is 1. The van der Waals surface area contributed by atoms with Crippen molar-refractivity contribution in [2.45, 2.75) is 6.61 Å². The second-order valence-corrected chi connectivity index (χ2v) is 6.27. The van der Waals surface area contributed by atoms with Crippen molar-refractivity contribution in [2.75, 3.05) is 14.2 Å². The number of ketones is 1.